The lowest BCUT2D eigenvalue weighted by atomic mass is 9.81. The molecule has 0 saturated heterocycles. The van der Waals surface area contributed by atoms with Crippen LogP contribution in [0.15, 0.2) is 22.7 Å². The van der Waals surface area contributed by atoms with Crippen molar-refractivity contribution in [3.63, 3.8) is 0 Å². The van der Waals surface area contributed by atoms with Crippen LogP contribution in [0.5, 0.6) is 0 Å². The zero-order valence-electron chi connectivity index (χ0n) is 8.48. The van der Waals surface area contributed by atoms with Gasteiger partial charge in [0, 0.05) is 4.47 Å². The van der Waals surface area contributed by atoms with E-state index in [0.29, 0.717) is 6.54 Å². The third-order valence-corrected chi connectivity index (χ3v) is 2.92. The topological polar surface area (TPSA) is 26.0 Å². The molecule has 3 heteroatoms. The van der Waals surface area contributed by atoms with Crippen LogP contribution in [-0.4, -0.2) is 6.54 Å². The summed E-state index contributed by atoms with van der Waals surface area (Å²) in [5.41, 5.74) is 6.03. The zero-order chi connectivity index (χ0) is 10.8. The Morgan fingerprint density at radius 3 is 2.57 bits per heavy atom. The monoisotopic (exact) mass is 259 g/mol. The Bertz CT molecular complexity index is 323. The van der Waals surface area contributed by atoms with E-state index in [9.17, 15) is 4.39 Å². The first-order chi connectivity index (χ1) is 6.47. The van der Waals surface area contributed by atoms with Crippen LogP contribution in [0.2, 0.25) is 0 Å². The first kappa shape index (κ1) is 11.7. The van der Waals surface area contributed by atoms with Crippen molar-refractivity contribution < 1.29 is 4.39 Å². The van der Waals surface area contributed by atoms with Crippen LogP contribution in [0.1, 0.15) is 25.8 Å². The summed E-state index contributed by atoms with van der Waals surface area (Å²) in [6.07, 6.45) is 0.783. The van der Waals surface area contributed by atoms with Crippen molar-refractivity contribution in [1.29, 1.82) is 0 Å². The molecule has 1 aromatic rings. The molecule has 14 heavy (non-hydrogen) atoms. The average molecular weight is 260 g/mol. The van der Waals surface area contributed by atoms with E-state index in [0.717, 1.165) is 16.5 Å². The lowest BCUT2D eigenvalue weighted by molar-refractivity contribution is 0.456. The minimum atomic E-state index is -0.195. The molecular formula is C11H15BrFN. The summed E-state index contributed by atoms with van der Waals surface area (Å²) in [7, 11) is 0. The predicted molar refractivity (Wildman–Crippen MR) is 60.8 cm³/mol. The van der Waals surface area contributed by atoms with Crippen molar-refractivity contribution in [1.82, 2.24) is 0 Å². The largest absolute Gasteiger partial charge is 0.330 e. The van der Waals surface area contributed by atoms with Crippen LogP contribution >= 0.6 is 15.9 Å². The van der Waals surface area contributed by atoms with Gasteiger partial charge in [0.15, 0.2) is 0 Å². The quantitative estimate of drug-likeness (QED) is 0.887. The molecule has 0 aliphatic heterocycles. The van der Waals surface area contributed by atoms with Crippen LogP contribution < -0.4 is 5.73 Å². The number of nitrogens with two attached hydrogens (primary N) is 1. The molecule has 1 nitrogen and oxygen atoms in total. The van der Waals surface area contributed by atoms with Crippen molar-refractivity contribution in [3.8, 4) is 0 Å². The van der Waals surface area contributed by atoms with E-state index in [1.165, 1.54) is 6.07 Å². The highest BCUT2D eigenvalue weighted by Gasteiger charge is 2.22. The summed E-state index contributed by atoms with van der Waals surface area (Å²) in [6.45, 7) is 4.58. The standard InChI is InChI=1S/C11H15BrFN/c1-11(2,5-6-14)9-4-3-8(12)7-10(9)13/h3-4,7H,5-6,14H2,1-2H3. The second kappa shape index (κ2) is 4.41. The molecule has 0 atom stereocenters. The predicted octanol–water partition coefficient (Wildman–Crippen LogP) is 3.21. The van der Waals surface area contributed by atoms with E-state index in [1.807, 2.05) is 26.0 Å². The zero-order valence-corrected chi connectivity index (χ0v) is 10.1. The first-order valence-electron chi connectivity index (χ1n) is 4.63. The Morgan fingerprint density at radius 2 is 2.07 bits per heavy atom. The van der Waals surface area contributed by atoms with E-state index >= 15 is 0 Å². The van der Waals surface area contributed by atoms with Gasteiger partial charge in [-0.25, -0.2) is 4.39 Å². The van der Waals surface area contributed by atoms with E-state index in [1.54, 1.807) is 0 Å². The fourth-order valence-electron chi connectivity index (χ4n) is 1.53. The van der Waals surface area contributed by atoms with Crippen molar-refractivity contribution in [2.75, 3.05) is 6.54 Å². The van der Waals surface area contributed by atoms with Crippen LogP contribution in [0, 0.1) is 5.82 Å². The molecule has 0 aliphatic rings. The molecule has 0 unspecified atom stereocenters. The summed E-state index contributed by atoms with van der Waals surface area (Å²) >= 11 is 3.24. The molecule has 0 amide bonds. The Kier molecular flexibility index (Phi) is 3.67. The van der Waals surface area contributed by atoms with Gasteiger partial charge in [0.1, 0.15) is 5.82 Å². The number of hydrogen-bond acceptors (Lipinski definition) is 1. The van der Waals surface area contributed by atoms with Crippen molar-refractivity contribution in [2.45, 2.75) is 25.7 Å². The molecule has 0 aromatic heterocycles. The molecule has 0 saturated carbocycles. The van der Waals surface area contributed by atoms with Gasteiger partial charge in [-0.3, -0.25) is 0 Å². The van der Waals surface area contributed by atoms with Gasteiger partial charge < -0.3 is 5.73 Å². The molecular weight excluding hydrogens is 245 g/mol. The van der Waals surface area contributed by atoms with E-state index in [2.05, 4.69) is 15.9 Å². The highest BCUT2D eigenvalue weighted by atomic mass is 79.9. The molecule has 1 rings (SSSR count). The Morgan fingerprint density at radius 1 is 1.43 bits per heavy atom. The number of rotatable bonds is 3. The van der Waals surface area contributed by atoms with Gasteiger partial charge in [0.25, 0.3) is 0 Å². The van der Waals surface area contributed by atoms with E-state index in [-0.39, 0.29) is 11.2 Å². The summed E-state index contributed by atoms with van der Waals surface area (Å²) in [5.74, 6) is -0.169. The summed E-state index contributed by atoms with van der Waals surface area (Å²) in [4.78, 5) is 0. The fraction of sp³-hybridized carbons (Fsp3) is 0.455. The third kappa shape index (κ3) is 2.55. The van der Waals surface area contributed by atoms with Crippen molar-refractivity contribution >= 4 is 15.9 Å². The van der Waals surface area contributed by atoms with Gasteiger partial charge >= 0.3 is 0 Å². The molecule has 0 radical (unpaired) electrons. The van der Waals surface area contributed by atoms with Gasteiger partial charge in [0.05, 0.1) is 0 Å². The van der Waals surface area contributed by atoms with Crippen molar-refractivity contribution in [2.24, 2.45) is 5.73 Å². The SMILES string of the molecule is CC(C)(CCN)c1ccc(Br)cc1F. The Hall–Kier alpha value is -0.410. The second-order valence-electron chi connectivity index (χ2n) is 4.05. The maximum atomic E-state index is 13.6. The summed E-state index contributed by atoms with van der Waals surface area (Å²) in [6, 6.07) is 5.17. The number of halogens is 2. The first-order valence-corrected chi connectivity index (χ1v) is 5.42. The number of benzene rings is 1. The molecule has 78 valence electrons. The van der Waals surface area contributed by atoms with Gasteiger partial charge in [0.2, 0.25) is 0 Å². The molecule has 2 N–H and O–H groups in total. The molecule has 1 aromatic carbocycles. The van der Waals surface area contributed by atoms with Gasteiger partial charge in [-0.2, -0.15) is 0 Å². The minimum Gasteiger partial charge on any atom is -0.330 e. The molecule has 0 heterocycles. The van der Waals surface area contributed by atoms with E-state index in [4.69, 9.17) is 5.73 Å². The highest BCUT2D eigenvalue weighted by Crippen LogP contribution is 2.30. The maximum Gasteiger partial charge on any atom is 0.128 e. The summed E-state index contributed by atoms with van der Waals surface area (Å²) < 4.78 is 14.4. The lowest BCUT2D eigenvalue weighted by Gasteiger charge is -2.25. The number of hydrogen-bond donors (Lipinski definition) is 1. The minimum absolute atomic E-state index is 0.169. The lowest BCUT2D eigenvalue weighted by Crippen LogP contribution is -2.23. The highest BCUT2D eigenvalue weighted by molar-refractivity contribution is 9.10. The van der Waals surface area contributed by atoms with Gasteiger partial charge in [-0.15, -0.1) is 0 Å². The van der Waals surface area contributed by atoms with Crippen LogP contribution in [0.4, 0.5) is 4.39 Å². The van der Waals surface area contributed by atoms with Crippen LogP contribution in [0.25, 0.3) is 0 Å². The van der Waals surface area contributed by atoms with Crippen LogP contribution in [-0.2, 0) is 5.41 Å². The maximum absolute atomic E-state index is 13.6. The molecule has 0 aliphatic carbocycles. The third-order valence-electron chi connectivity index (χ3n) is 2.43. The fourth-order valence-corrected chi connectivity index (χ4v) is 1.87. The van der Waals surface area contributed by atoms with Crippen LogP contribution in [0.3, 0.4) is 0 Å². The van der Waals surface area contributed by atoms with Gasteiger partial charge in [-0.1, -0.05) is 35.8 Å². The van der Waals surface area contributed by atoms with Crippen molar-refractivity contribution in [3.05, 3.63) is 34.1 Å². The van der Waals surface area contributed by atoms with E-state index < -0.39 is 0 Å². The van der Waals surface area contributed by atoms with Gasteiger partial charge in [-0.05, 0) is 36.1 Å². The second-order valence-corrected chi connectivity index (χ2v) is 4.96. The average Bonchev–Trinajstić information content (AvgIpc) is 2.02. The Balaban J connectivity index is 3.06. The smallest absolute Gasteiger partial charge is 0.128 e. The Labute approximate surface area is 92.6 Å². The summed E-state index contributed by atoms with van der Waals surface area (Å²) in [5, 5.41) is 0. The normalized spacial score (nSPS) is 11.8. The molecule has 0 fully saturated rings. The molecule has 0 spiro atoms. The molecule has 0 bridgehead atoms.